The highest BCUT2D eigenvalue weighted by atomic mass is 32.2. The van der Waals surface area contributed by atoms with Crippen LogP contribution in [0.3, 0.4) is 0 Å². The number of aliphatic carboxylic acids is 2. The smallest absolute Gasteiger partial charge is 0.408 e. The van der Waals surface area contributed by atoms with Crippen molar-refractivity contribution in [3.05, 3.63) is 0 Å². The second-order valence-electron chi connectivity index (χ2n) is 7.75. The van der Waals surface area contributed by atoms with E-state index in [1.807, 2.05) is 0 Å². The Labute approximate surface area is 196 Å². The molecule has 5 N–H and O–H groups in total. The van der Waals surface area contributed by atoms with Crippen LogP contribution in [-0.2, 0) is 33.4 Å². The number of ether oxygens (including phenoxy) is 3. The van der Waals surface area contributed by atoms with Crippen LogP contribution < -0.4 is 16.0 Å². The van der Waals surface area contributed by atoms with E-state index in [0.29, 0.717) is 5.75 Å². The molecule has 0 aromatic rings. The molecule has 0 aliphatic rings. The number of carbonyl (C=O) groups excluding carboxylic acids is 3. The lowest BCUT2D eigenvalue weighted by molar-refractivity contribution is -0.140. The summed E-state index contributed by atoms with van der Waals surface area (Å²) in [5, 5.41) is 24.8. The number of carboxylic acids is 2. The number of amides is 3. The normalized spacial score (nSPS) is 13.0. The van der Waals surface area contributed by atoms with E-state index in [2.05, 4.69) is 16.0 Å². The van der Waals surface area contributed by atoms with Gasteiger partial charge in [0.05, 0.1) is 0 Å². The van der Waals surface area contributed by atoms with E-state index < -0.39 is 60.4 Å². The summed E-state index contributed by atoms with van der Waals surface area (Å²) in [5.41, 5.74) is -0.830. The zero-order valence-corrected chi connectivity index (χ0v) is 20.2. The number of rotatable bonds is 15. The quantitative estimate of drug-likeness (QED) is 0.189. The summed E-state index contributed by atoms with van der Waals surface area (Å²) in [7, 11) is 2.88. The van der Waals surface area contributed by atoms with Crippen LogP contribution in [0.1, 0.15) is 33.6 Å². The van der Waals surface area contributed by atoms with E-state index in [4.69, 9.17) is 19.3 Å². The largest absolute Gasteiger partial charge is 0.480 e. The lowest BCUT2D eigenvalue weighted by Gasteiger charge is -2.22. The van der Waals surface area contributed by atoms with Crippen molar-refractivity contribution >= 4 is 41.6 Å². The van der Waals surface area contributed by atoms with Crippen LogP contribution in [0, 0.1) is 0 Å². The average molecular weight is 496 g/mol. The van der Waals surface area contributed by atoms with Gasteiger partial charge in [-0.15, -0.1) is 0 Å². The lowest BCUT2D eigenvalue weighted by atomic mass is 10.1. The fraction of sp³-hybridized carbons (Fsp3) is 0.737. The first-order chi connectivity index (χ1) is 15.3. The third kappa shape index (κ3) is 15.0. The van der Waals surface area contributed by atoms with Crippen molar-refractivity contribution < 1.29 is 48.4 Å². The van der Waals surface area contributed by atoms with Gasteiger partial charge in [0.2, 0.25) is 11.8 Å². The first-order valence-corrected chi connectivity index (χ1v) is 11.1. The third-order valence-electron chi connectivity index (χ3n) is 3.78. The van der Waals surface area contributed by atoms with Gasteiger partial charge in [0.25, 0.3) is 0 Å². The fourth-order valence-electron chi connectivity index (χ4n) is 2.23. The van der Waals surface area contributed by atoms with Crippen molar-refractivity contribution in [1.29, 1.82) is 0 Å². The molecule has 0 aromatic carbocycles. The molecule has 0 saturated carbocycles. The van der Waals surface area contributed by atoms with Crippen molar-refractivity contribution in [1.82, 2.24) is 16.0 Å². The molecule has 14 heteroatoms. The number of hydrogen-bond acceptors (Lipinski definition) is 9. The van der Waals surface area contributed by atoms with Gasteiger partial charge < -0.3 is 40.4 Å². The maximum Gasteiger partial charge on any atom is 0.408 e. The first-order valence-electron chi connectivity index (χ1n) is 9.93. The molecule has 0 saturated heterocycles. The average Bonchev–Trinajstić information content (AvgIpc) is 2.69. The van der Waals surface area contributed by atoms with Crippen LogP contribution in [0.25, 0.3) is 0 Å². The number of nitrogens with one attached hydrogen (secondary N) is 3. The highest BCUT2D eigenvalue weighted by Crippen LogP contribution is 2.10. The van der Waals surface area contributed by atoms with Crippen LogP contribution in [0.4, 0.5) is 4.79 Å². The number of carboxylic acid groups (broad SMARTS) is 2. The van der Waals surface area contributed by atoms with Gasteiger partial charge in [-0.3, -0.25) is 14.4 Å². The minimum atomic E-state index is -1.39. The second-order valence-corrected chi connectivity index (χ2v) is 8.82. The molecule has 0 spiro atoms. The Balaban J connectivity index is 4.94. The van der Waals surface area contributed by atoms with Crippen LogP contribution in [0.2, 0.25) is 0 Å². The number of thioether (sulfide) groups is 1. The predicted octanol–water partition coefficient (Wildman–Crippen LogP) is -0.218. The highest BCUT2D eigenvalue weighted by Gasteiger charge is 2.26. The van der Waals surface area contributed by atoms with E-state index in [-0.39, 0.29) is 18.6 Å². The molecule has 0 fully saturated rings. The summed E-state index contributed by atoms with van der Waals surface area (Å²) in [6, 6.07) is -2.47. The zero-order chi connectivity index (χ0) is 25.6. The minimum Gasteiger partial charge on any atom is -0.480 e. The standard InChI is InChI=1S/C19H33N3O10S/c1-19(2,3)32-18(29)22-11(17(27)28)6-7-13(23)21-12(16(26)20-8-14(24)25)9-33-10-15(30-4)31-5/h11-12,15H,6-10H2,1-5H3,(H,20,26)(H,21,23)(H,22,29)(H,24,25)(H,27,28)/t11-,12-/m0/s1. The molecule has 0 heterocycles. The van der Waals surface area contributed by atoms with Gasteiger partial charge in [0, 0.05) is 32.1 Å². The molecule has 0 rings (SSSR count). The first kappa shape index (κ1) is 30.4. The Morgan fingerprint density at radius 3 is 2.03 bits per heavy atom. The van der Waals surface area contributed by atoms with E-state index in [9.17, 15) is 29.1 Å². The third-order valence-corrected chi connectivity index (χ3v) is 4.86. The zero-order valence-electron chi connectivity index (χ0n) is 19.3. The van der Waals surface area contributed by atoms with Gasteiger partial charge in [-0.05, 0) is 27.2 Å². The van der Waals surface area contributed by atoms with Crippen molar-refractivity contribution in [3.63, 3.8) is 0 Å². The number of carbonyl (C=O) groups is 5. The number of hydrogen-bond donors (Lipinski definition) is 5. The van der Waals surface area contributed by atoms with Crippen LogP contribution in [-0.4, -0.2) is 96.3 Å². The van der Waals surface area contributed by atoms with Gasteiger partial charge in [-0.25, -0.2) is 9.59 Å². The molecule has 0 unspecified atom stereocenters. The molecule has 0 aromatic heterocycles. The fourth-order valence-corrected chi connectivity index (χ4v) is 3.30. The maximum atomic E-state index is 12.3. The Morgan fingerprint density at radius 1 is 0.939 bits per heavy atom. The summed E-state index contributed by atoms with van der Waals surface area (Å²) in [6.45, 7) is 4.22. The lowest BCUT2D eigenvalue weighted by Crippen LogP contribution is -2.50. The van der Waals surface area contributed by atoms with Gasteiger partial charge in [-0.1, -0.05) is 0 Å². The monoisotopic (exact) mass is 495 g/mol. The number of alkyl carbamates (subject to hydrolysis) is 1. The molecule has 2 atom stereocenters. The minimum absolute atomic E-state index is 0.0823. The molecule has 33 heavy (non-hydrogen) atoms. The van der Waals surface area contributed by atoms with E-state index >= 15 is 0 Å². The van der Waals surface area contributed by atoms with Crippen molar-refractivity contribution in [3.8, 4) is 0 Å². The summed E-state index contributed by atoms with van der Waals surface area (Å²) in [5.74, 6) is -3.56. The van der Waals surface area contributed by atoms with Crippen molar-refractivity contribution in [2.24, 2.45) is 0 Å². The Kier molecular flexibility index (Phi) is 14.1. The van der Waals surface area contributed by atoms with Crippen LogP contribution in [0.5, 0.6) is 0 Å². The van der Waals surface area contributed by atoms with Gasteiger partial charge >= 0.3 is 18.0 Å². The number of methoxy groups -OCH3 is 2. The second kappa shape index (κ2) is 15.3. The summed E-state index contributed by atoms with van der Waals surface area (Å²) in [6.07, 6.45) is -2.06. The Morgan fingerprint density at radius 2 is 1.55 bits per heavy atom. The van der Waals surface area contributed by atoms with E-state index in [1.165, 1.54) is 26.0 Å². The Hall–Kier alpha value is -2.58. The summed E-state index contributed by atoms with van der Waals surface area (Å²) >= 11 is 1.23. The molecule has 0 aliphatic carbocycles. The molecule has 0 bridgehead atoms. The Bertz CT molecular complexity index is 679. The molecule has 190 valence electrons. The summed E-state index contributed by atoms with van der Waals surface area (Å²) < 4.78 is 15.1. The van der Waals surface area contributed by atoms with E-state index in [1.54, 1.807) is 20.8 Å². The molecule has 3 amide bonds. The van der Waals surface area contributed by atoms with Crippen LogP contribution >= 0.6 is 11.8 Å². The van der Waals surface area contributed by atoms with E-state index in [0.717, 1.165) is 0 Å². The van der Waals surface area contributed by atoms with Gasteiger partial charge in [0.15, 0.2) is 6.29 Å². The molecule has 0 aliphatic heterocycles. The SMILES string of the molecule is COC(CSC[C@H](NC(=O)CC[C@H](NC(=O)OC(C)(C)C)C(=O)O)C(=O)NCC(=O)O)OC. The van der Waals surface area contributed by atoms with Crippen molar-refractivity contribution in [2.45, 2.75) is 57.6 Å². The molecular weight excluding hydrogens is 462 g/mol. The molecule has 0 radical (unpaired) electrons. The summed E-state index contributed by atoms with van der Waals surface area (Å²) in [4.78, 5) is 58.6. The maximum absolute atomic E-state index is 12.3. The predicted molar refractivity (Wildman–Crippen MR) is 118 cm³/mol. The molecular formula is C19H33N3O10S. The van der Waals surface area contributed by atoms with Crippen molar-refractivity contribution in [2.75, 3.05) is 32.3 Å². The van der Waals surface area contributed by atoms with Crippen LogP contribution in [0.15, 0.2) is 0 Å². The highest BCUT2D eigenvalue weighted by molar-refractivity contribution is 7.99. The topological polar surface area (TPSA) is 190 Å². The van der Waals surface area contributed by atoms with Gasteiger partial charge in [-0.2, -0.15) is 11.8 Å². The molecule has 13 nitrogen and oxygen atoms in total. The van der Waals surface area contributed by atoms with Gasteiger partial charge in [0.1, 0.15) is 24.2 Å².